The first-order valence-electron chi connectivity index (χ1n) is 6.68. The molecule has 1 aliphatic carbocycles. The molecule has 3 heteroatoms. The SMILES string of the molecule is CN(CCCC(=O)O)C1CCCc2ccccc21. The first-order chi connectivity index (χ1) is 8.68. The van der Waals surface area contributed by atoms with Crippen LogP contribution < -0.4 is 0 Å². The van der Waals surface area contributed by atoms with Crippen LogP contribution in [0.4, 0.5) is 0 Å². The van der Waals surface area contributed by atoms with E-state index in [4.69, 9.17) is 5.11 Å². The predicted molar refractivity (Wildman–Crippen MR) is 71.6 cm³/mol. The highest BCUT2D eigenvalue weighted by atomic mass is 16.4. The van der Waals surface area contributed by atoms with Gasteiger partial charge in [-0.15, -0.1) is 0 Å². The van der Waals surface area contributed by atoms with E-state index in [9.17, 15) is 4.79 Å². The van der Waals surface area contributed by atoms with E-state index in [1.165, 1.54) is 30.4 Å². The topological polar surface area (TPSA) is 40.5 Å². The fourth-order valence-electron chi connectivity index (χ4n) is 2.82. The third kappa shape index (κ3) is 3.10. The van der Waals surface area contributed by atoms with E-state index in [1.807, 2.05) is 0 Å². The Balaban J connectivity index is 1.99. The molecule has 1 atom stereocenters. The molecule has 0 heterocycles. The minimum absolute atomic E-state index is 0.263. The minimum Gasteiger partial charge on any atom is -0.481 e. The summed E-state index contributed by atoms with van der Waals surface area (Å²) in [5.41, 5.74) is 2.89. The van der Waals surface area contributed by atoms with Gasteiger partial charge in [-0.2, -0.15) is 0 Å². The normalized spacial score (nSPS) is 18.7. The Labute approximate surface area is 108 Å². The zero-order chi connectivity index (χ0) is 13.0. The number of carboxylic acids is 1. The zero-order valence-electron chi connectivity index (χ0n) is 10.9. The monoisotopic (exact) mass is 247 g/mol. The van der Waals surface area contributed by atoms with Gasteiger partial charge in [-0.3, -0.25) is 9.69 Å². The average molecular weight is 247 g/mol. The smallest absolute Gasteiger partial charge is 0.303 e. The molecule has 1 N–H and O–H groups in total. The van der Waals surface area contributed by atoms with Crippen molar-refractivity contribution in [3.8, 4) is 0 Å². The van der Waals surface area contributed by atoms with Gasteiger partial charge < -0.3 is 5.11 Å². The fourth-order valence-corrected chi connectivity index (χ4v) is 2.82. The van der Waals surface area contributed by atoms with Crippen molar-refractivity contribution in [2.45, 2.75) is 38.1 Å². The van der Waals surface area contributed by atoms with E-state index in [-0.39, 0.29) is 6.42 Å². The summed E-state index contributed by atoms with van der Waals surface area (Å²) in [4.78, 5) is 12.8. The summed E-state index contributed by atoms with van der Waals surface area (Å²) in [7, 11) is 2.11. The second-order valence-electron chi connectivity index (χ2n) is 5.08. The maximum absolute atomic E-state index is 10.5. The van der Waals surface area contributed by atoms with Crippen molar-refractivity contribution < 1.29 is 9.90 Å². The number of hydrogen-bond acceptors (Lipinski definition) is 2. The molecule has 0 aliphatic heterocycles. The Bertz CT molecular complexity index is 417. The Hall–Kier alpha value is -1.35. The lowest BCUT2D eigenvalue weighted by Crippen LogP contribution is -2.29. The Morgan fingerprint density at radius 3 is 3.00 bits per heavy atom. The molecule has 0 amide bonds. The second kappa shape index (κ2) is 6.01. The van der Waals surface area contributed by atoms with Gasteiger partial charge in [0, 0.05) is 12.5 Å². The fraction of sp³-hybridized carbons (Fsp3) is 0.533. The lowest BCUT2D eigenvalue weighted by atomic mass is 9.87. The van der Waals surface area contributed by atoms with Gasteiger partial charge in [0.2, 0.25) is 0 Å². The van der Waals surface area contributed by atoms with Gasteiger partial charge in [0.05, 0.1) is 0 Å². The lowest BCUT2D eigenvalue weighted by Gasteiger charge is -2.33. The van der Waals surface area contributed by atoms with Gasteiger partial charge in [0.25, 0.3) is 0 Å². The summed E-state index contributed by atoms with van der Waals surface area (Å²) >= 11 is 0. The van der Waals surface area contributed by atoms with E-state index >= 15 is 0 Å². The minimum atomic E-state index is -0.701. The van der Waals surface area contributed by atoms with Crippen molar-refractivity contribution in [2.75, 3.05) is 13.6 Å². The molecule has 1 unspecified atom stereocenters. The number of hydrogen-bond donors (Lipinski definition) is 1. The van der Waals surface area contributed by atoms with Crippen LogP contribution in [-0.4, -0.2) is 29.6 Å². The molecule has 0 saturated carbocycles. The number of carbonyl (C=O) groups is 1. The Kier molecular flexibility index (Phi) is 4.37. The molecule has 0 bridgehead atoms. The van der Waals surface area contributed by atoms with Crippen LogP contribution in [0.3, 0.4) is 0 Å². The van der Waals surface area contributed by atoms with Crippen molar-refractivity contribution >= 4 is 5.97 Å². The molecule has 0 spiro atoms. The van der Waals surface area contributed by atoms with Gasteiger partial charge in [0.15, 0.2) is 0 Å². The van der Waals surface area contributed by atoms with E-state index in [2.05, 4.69) is 36.2 Å². The van der Waals surface area contributed by atoms with Gasteiger partial charge in [-0.25, -0.2) is 0 Å². The summed E-state index contributed by atoms with van der Waals surface area (Å²) in [5.74, 6) is -0.701. The van der Waals surface area contributed by atoms with Crippen molar-refractivity contribution in [1.82, 2.24) is 4.90 Å². The largest absolute Gasteiger partial charge is 0.481 e. The first-order valence-corrected chi connectivity index (χ1v) is 6.68. The summed E-state index contributed by atoms with van der Waals surface area (Å²) in [6.45, 7) is 0.852. The summed E-state index contributed by atoms with van der Waals surface area (Å²) in [5, 5.41) is 8.68. The molecule has 3 nitrogen and oxygen atoms in total. The quantitative estimate of drug-likeness (QED) is 0.869. The second-order valence-corrected chi connectivity index (χ2v) is 5.08. The molecule has 1 aromatic carbocycles. The van der Waals surface area contributed by atoms with Crippen LogP contribution in [0, 0.1) is 0 Å². The summed E-state index contributed by atoms with van der Waals surface area (Å²) in [6, 6.07) is 9.09. The molecule has 0 fully saturated rings. The highest BCUT2D eigenvalue weighted by Gasteiger charge is 2.22. The van der Waals surface area contributed by atoms with Crippen molar-refractivity contribution in [3.05, 3.63) is 35.4 Å². The molecule has 18 heavy (non-hydrogen) atoms. The molecule has 2 rings (SSSR count). The highest BCUT2D eigenvalue weighted by Crippen LogP contribution is 2.33. The number of aryl methyl sites for hydroxylation is 1. The number of carboxylic acid groups (broad SMARTS) is 1. The molecule has 0 radical (unpaired) electrons. The zero-order valence-corrected chi connectivity index (χ0v) is 10.9. The van der Waals surface area contributed by atoms with Crippen LogP contribution in [0.1, 0.15) is 42.9 Å². The van der Waals surface area contributed by atoms with Crippen LogP contribution in [-0.2, 0) is 11.2 Å². The first kappa shape index (κ1) is 13.1. The van der Waals surface area contributed by atoms with Gasteiger partial charge in [-0.05, 0) is 50.4 Å². The number of nitrogens with zero attached hydrogens (tertiary/aromatic N) is 1. The molecule has 98 valence electrons. The van der Waals surface area contributed by atoms with Crippen molar-refractivity contribution in [2.24, 2.45) is 0 Å². The average Bonchev–Trinajstić information content (AvgIpc) is 2.37. The Morgan fingerprint density at radius 1 is 1.44 bits per heavy atom. The number of aliphatic carboxylic acids is 1. The molecular formula is C15H21NO2. The number of rotatable bonds is 5. The highest BCUT2D eigenvalue weighted by molar-refractivity contribution is 5.66. The molecule has 0 aromatic heterocycles. The molecular weight excluding hydrogens is 226 g/mol. The van der Waals surface area contributed by atoms with E-state index in [0.29, 0.717) is 6.04 Å². The van der Waals surface area contributed by atoms with Gasteiger partial charge in [-0.1, -0.05) is 24.3 Å². The number of fused-ring (bicyclic) bond motifs is 1. The van der Waals surface area contributed by atoms with Crippen molar-refractivity contribution in [1.29, 1.82) is 0 Å². The lowest BCUT2D eigenvalue weighted by molar-refractivity contribution is -0.137. The maximum Gasteiger partial charge on any atom is 0.303 e. The van der Waals surface area contributed by atoms with E-state index in [1.54, 1.807) is 0 Å². The summed E-state index contributed by atoms with van der Waals surface area (Å²) in [6.07, 6.45) is 4.57. The van der Waals surface area contributed by atoms with E-state index < -0.39 is 5.97 Å². The Morgan fingerprint density at radius 2 is 2.22 bits per heavy atom. The third-order valence-corrected chi connectivity index (χ3v) is 3.77. The summed E-state index contributed by atoms with van der Waals surface area (Å²) < 4.78 is 0. The maximum atomic E-state index is 10.5. The molecule has 0 saturated heterocycles. The standard InChI is InChI=1S/C15H21NO2/c1-16(11-5-10-15(17)18)14-9-4-7-12-6-2-3-8-13(12)14/h2-3,6,8,14H,4-5,7,9-11H2,1H3,(H,17,18). The third-order valence-electron chi connectivity index (χ3n) is 3.77. The van der Waals surface area contributed by atoms with Crippen molar-refractivity contribution in [3.63, 3.8) is 0 Å². The predicted octanol–water partition coefficient (Wildman–Crippen LogP) is 2.86. The van der Waals surface area contributed by atoms with Crippen LogP contribution in [0.25, 0.3) is 0 Å². The molecule has 1 aromatic rings. The van der Waals surface area contributed by atoms with Crippen LogP contribution >= 0.6 is 0 Å². The van der Waals surface area contributed by atoms with Crippen LogP contribution in [0.5, 0.6) is 0 Å². The van der Waals surface area contributed by atoms with E-state index in [0.717, 1.165) is 13.0 Å². The van der Waals surface area contributed by atoms with Crippen LogP contribution in [0.2, 0.25) is 0 Å². The van der Waals surface area contributed by atoms with Gasteiger partial charge >= 0.3 is 5.97 Å². The molecule has 1 aliphatic rings. The van der Waals surface area contributed by atoms with Gasteiger partial charge in [0.1, 0.15) is 0 Å². The number of benzene rings is 1. The van der Waals surface area contributed by atoms with Crippen LogP contribution in [0.15, 0.2) is 24.3 Å².